The molecule has 0 aliphatic carbocycles. The Morgan fingerprint density at radius 3 is 2.16 bits per heavy atom. The van der Waals surface area contributed by atoms with Crippen LogP contribution in [0.3, 0.4) is 0 Å². The molecule has 10 heteroatoms. The Morgan fingerprint density at radius 1 is 0.930 bits per heavy atom. The van der Waals surface area contributed by atoms with E-state index in [1.54, 1.807) is 31.4 Å². The van der Waals surface area contributed by atoms with Crippen LogP contribution in [0.4, 0.5) is 0 Å². The Kier molecular flexibility index (Phi) is 10.5. The first-order valence-corrected chi connectivity index (χ1v) is 14.0. The number of aliphatic hydroxyl groups excluding tert-OH is 1. The summed E-state index contributed by atoms with van der Waals surface area (Å²) in [5.41, 5.74) is 3.41. The van der Waals surface area contributed by atoms with Crippen LogP contribution in [-0.4, -0.2) is 62.5 Å². The van der Waals surface area contributed by atoms with E-state index in [0.29, 0.717) is 17.9 Å². The topological polar surface area (TPSA) is 132 Å². The van der Waals surface area contributed by atoms with Crippen LogP contribution in [0.5, 0.6) is 5.75 Å². The lowest BCUT2D eigenvalue weighted by Crippen LogP contribution is -2.52. The smallest absolute Gasteiger partial charge is 0.337 e. The number of rotatable bonds is 11. The van der Waals surface area contributed by atoms with E-state index in [2.05, 4.69) is 10.6 Å². The Bertz CT molecular complexity index is 1390. The number of hydrogen-bond acceptors (Lipinski definition) is 8. The lowest BCUT2D eigenvalue weighted by Gasteiger charge is -2.41. The quantitative estimate of drug-likeness (QED) is 0.288. The van der Waals surface area contributed by atoms with Crippen molar-refractivity contribution in [3.8, 4) is 16.9 Å². The molecule has 1 aliphatic rings. The Balaban J connectivity index is 1.22. The van der Waals surface area contributed by atoms with Crippen molar-refractivity contribution in [2.45, 2.75) is 45.3 Å². The predicted molar refractivity (Wildman–Crippen MR) is 159 cm³/mol. The van der Waals surface area contributed by atoms with Crippen LogP contribution >= 0.6 is 0 Å². The monoisotopic (exact) mass is 590 g/mol. The van der Waals surface area contributed by atoms with Gasteiger partial charge < -0.3 is 34.7 Å². The van der Waals surface area contributed by atoms with E-state index in [0.717, 1.165) is 22.3 Å². The Morgan fingerprint density at radius 2 is 1.56 bits per heavy atom. The first-order chi connectivity index (χ1) is 20.6. The summed E-state index contributed by atoms with van der Waals surface area (Å²) in [6, 6.07) is 21.9. The predicted octanol–water partition coefficient (Wildman–Crippen LogP) is 3.77. The molecule has 1 saturated heterocycles. The van der Waals surface area contributed by atoms with Gasteiger partial charge in [0.2, 0.25) is 11.8 Å². The van der Waals surface area contributed by atoms with Gasteiger partial charge in [-0.05, 0) is 47.4 Å². The van der Waals surface area contributed by atoms with Crippen LogP contribution in [0.25, 0.3) is 11.1 Å². The number of benzene rings is 3. The van der Waals surface area contributed by atoms with Crippen LogP contribution in [0, 0.1) is 5.41 Å². The molecule has 2 amide bonds. The molecule has 0 aromatic heterocycles. The van der Waals surface area contributed by atoms with Crippen LogP contribution in [0.2, 0.25) is 0 Å². The van der Waals surface area contributed by atoms with Gasteiger partial charge in [-0.1, -0.05) is 62.4 Å². The molecule has 1 heterocycles. The number of ether oxygens (including phenoxy) is 4. The fraction of sp³-hybridized carbons (Fsp3) is 0.364. The Hall–Kier alpha value is -4.25. The highest BCUT2D eigenvalue weighted by atomic mass is 16.7. The zero-order valence-corrected chi connectivity index (χ0v) is 24.8. The highest BCUT2D eigenvalue weighted by Gasteiger charge is 2.43. The van der Waals surface area contributed by atoms with E-state index in [1.807, 2.05) is 62.4 Å². The van der Waals surface area contributed by atoms with Gasteiger partial charge in [0.15, 0.2) is 6.29 Å². The molecule has 43 heavy (non-hydrogen) atoms. The van der Waals surface area contributed by atoms with Crippen molar-refractivity contribution in [1.29, 1.82) is 0 Å². The number of nitrogens with one attached hydrogen (secondary N) is 2. The third-order valence-electron chi connectivity index (χ3n) is 7.28. The molecule has 0 saturated carbocycles. The Labute approximate surface area is 251 Å². The minimum absolute atomic E-state index is 0.0453. The highest BCUT2D eigenvalue weighted by molar-refractivity contribution is 5.90. The van der Waals surface area contributed by atoms with E-state index < -0.39 is 35.8 Å². The minimum Gasteiger partial charge on any atom is -0.497 e. The lowest BCUT2D eigenvalue weighted by atomic mass is 9.85. The zero-order valence-electron chi connectivity index (χ0n) is 24.8. The molecule has 0 radical (unpaired) electrons. The van der Waals surface area contributed by atoms with Crippen LogP contribution in [0.15, 0.2) is 72.8 Å². The summed E-state index contributed by atoms with van der Waals surface area (Å²) in [6.45, 7) is 4.42. The van der Waals surface area contributed by atoms with Crippen molar-refractivity contribution >= 4 is 17.8 Å². The van der Waals surface area contributed by atoms with Crippen molar-refractivity contribution in [1.82, 2.24) is 10.6 Å². The molecular formula is C33H38N2O8. The summed E-state index contributed by atoms with van der Waals surface area (Å²) in [7, 11) is 2.93. The number of hydrogen-bond donors (Lipinski definition) is 3. The van der Waals surface area contributed by atoms with Gasteiger partial charge in [0.25, 0.3) is 0 Å². The number of aliphatic hydroxyl groups is 1. The van der Waals surface area contributed by atoms with Gasteiger partial charge in [0, 0.05) is 24.1 Å². The van der Waals surface area contributed by atoms with Gasteiger partial charge in [-0.15, -0.1) is 0 Å². The van der Waals surface area contributed by atoms with Crippen molar-refractivity contribution in [3.63, 3.8) is 0 Å². The summed E-state index contributed by atoms with van der Waals surface area (Å²) in [6.07, 6.45) is -2.73. The van der Waals surface area contributed by atoms with Gasteiger partial charge in [0.1, 0.15) is 18.0 Å². The fourth-order valence-corrected chi connectivity index (χ4v) is 4.66. The SMILES string of the molecule is COC(=O)c1ccc(-c2ccc(CNC(=O)C(O)CCNC(=O)[C@@H]3O[C@H](c4ccc(OC)cc4)OCC3(C)C)cc2)cc1. The maximum Gasteiger partial charge on any atom is 0.337 e. The van der Waals surface area contributed by atoms with Gasteiger partial charge in [0.05, 0.1) is 26.4 Å². The number of amides is 2. The lowest BCUT2D eigenvalue weighted by molar-refractivity contribution is -0.258. The number of methoxy groups -OCH3 is 2. The molecule has 1 aliphatic heterocycles. The fourth-order valence-electron chi connectivity index (χ4n) is 4.66. The molecule has 10 nitrogen and oxygen atoms in total. The van der Waals surface area contributed by atoms with Crippen LogP contribution in [0.1, 0.15) is 48.0 Å². The summed E-state index contributed by atoms with van der Waals surface area (Å²) >= 11 is 0. The standard InChI is InChI=1S/C33H38N2O8/c1-33(2)20-42-32(25-13-15-26(40-3)16-14-25)43-28(33)30(38)34-18-17-27(36)29(37)35-19-21-5-7-22(8-6-21)23-9-11-24(12-10-23)31(39)41-4/h5-16,27-28,32,36H,17-20H2,1-4H3,(H,34,38)(H,35,37)/t27?,28-,32+/m0/s1. The normalized spacial score (nSPS) is 18.3. The number of carbonyl (C=O) groups excluding carboxylic acids is 3. The second-order valence-corrected chi connectivity index (χ2v) is 11.0. The average Bonchev–Trinajstić information content (AvgIpc) is 3.03. The molecule has 1 fully saturated rings. The molecule has 3 atom stereocenters. The summed E-state index contributed by atoms with van der Waals surface area (Å²) in [5, 5.41) is 15.9. The maximum absolute atomic E-state index is 13.0. The van der Waals surface area contributed by atoms with Gasteiger partial charge in [-0.25, -0.2) is 4.79 Å². The molecule has 4 rings (SSSR count). The van der Waals surface area contributed by atoms with Crippen LogP contribution in [-0.2, 0) is 30.3 Å². The highest BCUT2D eigenvalue weighted by Crippen LogP contribution is 2.37. The second-order valence-electron chi connectivity index (χ2n) is 11.0. The van der Waals surface area contributed by atoms with Gasteiger partial charge in [-0.2, -0.15) is 0 Å². The minimum atomic E-state index is -1.29. The van der Waals surface area contributed by atoms with E-state index in [1.165, 1.54) is 7.11 Å². The van der Waals surface area contributed by atoms with E-state index >= 15 is 0 Å². The molecule has 0 spiro atoms. The van der Waals surface area contributed by atoms with Crippen molar-refractivity contribution in [2.75, 3.05) is 27.4 Å². The summed E-state index contributed by atoms with van der Waals surface area (Å²) in [4.78, 5) is 37.1. The molecule has 228 valence electrons. The van der Waals surface area contributed by atoms with Crippen molar-refractivity contribution < 1.29 is 38.4 Å². The molecule has 3 N–H and O–H groups in total. The van der Waals surface area contributed by atoms with Crippen molar-refractivity contribution in [3.05, 3.63) is 89.5 Å². The average molecular weight is 591 g/mol. The number of carbonyl (C=O) groups is 3. The largest absolute Gasteiger partial charge is 0.497 e. The molecule has 0 bridgehead atoms. The third-order valence-corrected chi connectivity index (χ3v) is 7.28. The molecular weight excluding hydrogens is 552 g/mol. The molecule has 1 unspecified atom stereocenters. The summed E-state index contributed by atoms with van der Waals surface area (Å²) < 4.78 is 21.8. The number of esters is 1. The molecule has 3 aromatic carbocycles. The van der Waals surface area contributed by atoms with E-state index in [-0.39, 0.29) is 25.4 Å². The summed E-state index contributed by atoms with van der Waals surface area (Å²) in [5.74, 6) is -0.549. The third kappa shape index (κ3) is 8.19. The zero-order chi connectivity index (χ0) is 31.0. The second kappa shape index (κ2) is 14.3. The van der Waals surface area contributed by atoms with Gasteiger partial charge in [-0.3, -0.25) is 9.59 Å². The van der Waals surface area contributed by atoms with E-state index in [9.17, 15) is 19.5 Å². The first-order valence-electron chi connectivity index (χ1n) is 14.0. The maximum atomic E-state index is 13.0. The van der Waals surface area contributed by atoms with E-state index in [4.69, 9.17) is 18.9 Å². The first kappa shape index (κ1) is 31.7. The van der Waals surface area contributed by atoms with Crippen molar-refractivity contribution in [2.24, 2.45) is 5.41 Å². The van der Waals surface area contributed by atoms with Crippen LogP contribution < -0.4 is 15.4 Å². The molecule has 3 aromatic rings. The van der Waals surface area contributed by atoms with Gasteiger partial charge >= 0.3 is 5.97 Å².